The Labute approximate surface area is 109 Å². The predicted molar refractivity (Wildman–Crippen MR) is 64.7 cm³/mol. The lowest BCUT2D eigenvalue weighted by Gasteiger charge is -2.12. The van der Waals surface area contributed by atoms with Crippen LogP contribution in [0.5, 0.6) is 0 Å². The maximum atomic E-state index is 12.5. The summed E-state index contributed by atoms with van der Waals surface area (Å²) in [5, 5.41) is 3.15. The first-order valence-corrected chi connectivity index (χ1v) is 6.31. The second kappa shape index (κ2) is 5.34. The Morgan fingerprint density at radius 1 is 1.33 bits per heavy atom. The van der Waals surface area contributed by atoms with E-state index < -0.39 is 11.9 Å². The number of pyridine rings is 1. The molecule has 0 saturated heterocycles. The first-order chi connectivity index (χ1) is 8.45. The van der Waals surface area contributed by atoms with Crippen molar-refractivity contribution in [2.24, 2.45) is 5.92 Å². The molecule has 2 unspecified atom stereocenters. The van der Waals surface area contributed by atoms with Gasteiger partial charge in [0.2, 0.25) is 0 Å². The van der Waals surface area contributed by atoms with Gasteiger partial charge in [-0.05, 0) is 37.3 Å². The van der Waals surface area contributed by atoms with Crippen LogP contribution in [0.15, 0.2) is 18.2 Å². The SMILES string of the molecule is FC(F)(F)c1cccc(NCC2CCC(Cl)C2)n1. The lowest BCUT2D eigenvalue weighted by Crippen LogP contribution is -2.14. The fourth-order valence-corrected chi connectivity index (χ4v) is 2.52. The maximum Gasteiger partial charge on any atom is 0.433 e. The van der Waals surface area contributed by atoms with Crippen LogP contribution in [-0.2, 0) is 6.18 Å². The molecule has 100 valence electrons. The summed E-state index contributed by atoms with van der Waals surface area (Å²) in [7, 11) is 0. The third kappa shape index (κ3) is 3.51. The van der Waals surface area contributed by atoms with Crippen molar-refractivity contribution in [1.29, 1.82) is 0 Å². The fraction of sp³-hybridized carbons (Fsp3) is 0.583. The van der Waals surface area contributed by atoms with E-state index >= 15 is 0 Å². The summed E-state index contributed by atoms with van der Waals surface area (Å²) in [5.74, 6) is 0.687. The Hall–Kier alpha value is -0.970. The highest BCUT2D eigenvalue weighted by atomic mass is 35.5. The van der Waals surface area contributed by atoms with E-state index in [-0.39, 0.29) is 11.2 Å². The minimum atomic E-state index is -4.40. The van der Waals surface area contributed by atoms with E-state index in [0.717, 1.165) is 25.3 Å². The molecular formula is C12H14ClF3N2. The van der Waals surface area contributed by atoms with Crippen LogP contribution >= 0.6 is 11.6 Å². The highest BCUT2D eigenvalue weighted by molar-refractivity contribution is 6.20. The van der Waals surface area contributed by atoms with Crippen molar-refractivity contribution in [1.82, 2.24) is 4.98 Å². The zero-order valence-corrected chi connectivity index (χ0v) is 10.4. The number of alkyl halides is 4. The number of nitrogens with one attached hydrogen (secondary N) is 1. The maximum absolute atomic E-state index is 12.5. The molecule has 6 heteroatoms. The molecule has 0 radical (unpaired) electrons. The van der Waals surface area contributed by atoms with Crippen LogP contribution in [0.25, 0.3) is 0 Å². The summed E-state index contributed by atoms with van der Waals surface area (Å²) in [6, 6.07) is 3.87. The van der Waals surface area contributed by atoms with Gasteiger partial charge in [0, 0.05) is 11.9 Å². The molecular weight excluding hydrogens is 265 g/mol. The van der Waals surface area contributed by atoms with Gasteiger partial charge in [-0.15, -0.1) is 11.6 Å². The normalized spacial score (nSPS) is 24.2. The smallest absolute Gasteiger partial charge is 0.370 e. The summed E-state index contributed by atoms with van der Waals surface area (Å²) >= 11 is 5.98. The van der Waals surface area contributed by atoms with Crippen molar-refractivity contribution in [2.75, 3.05) is 11.9 Å². The molecule has 0 aliphatic heterocycles. The fourth-order valence-electron chi connectivity index (χ4n) is 2.14. The Morgan fingerprint density at radius 2 is 2.11 bits per heavy atom. The molecule has 1 saturated carbocycles. The standard InChI is InChI=1S/C12H14ClF3N2/c13-9-5-4-8(6-9)7-17-11-3-1-2-10(18-11)12(14,15)16/h1-3,8-9H,4-7H2,(H,17,18). The number of rotatable bonds is 3. The number of nitrogens with zero attached hydrogens (tertiary/aromatic N) is 1. The van der Waals surface area contributed by atoms with Crippen LogP contribution in [0.4, 0.5) is 19.0 Å². The quantitative estimate of drug-likeness (QED) is 0.848. The molecule has 1 aliphatic carbocycles. The van der Waals surface area contributed by atoms with Crippen LogP contribution in [0.1, 0.15) is 25.0 Å². The van der Waals surface area contributed by atoms with Gasteiger partial charge in [0.05, 0.1) is 0 Å². The van der Waals surface area contributed by atoms with Gasteiger partial charge >= 0.3 is 6.18 Å². The van der Waals surface area contributed by atoms with Crippen molar-refractivity contribution in [3.05, 3.63) is 23.9 Å². The highest BCUT2D eigenvalue weighted by Crippen LogP contribution is 2.30. The molecule has 0 bridgehead atoms. The molecule has 2 rings (SSSR count). The summed E-state index contributed by atoms with van der Waals surface area (Å²) in [6.45, 7) is 0.623. The summed E-state index contributed by atoms with van der Waals surface area (Å²) in [4.78, 5) is 3.55. The van der Waals surface area contributed by atoms with Crippen LogP contribution < -0.4 is 5.32 Å². The van der Waals surface area contributed by atoms with Gasteiger partial charge in [-0.2, -0.15) is 13.2 Å². The molecule has 0 spiro atoms. The third-order valence-corrected chi connectivity index (χ3v) is 3.49. The van der Waals surface area contributed by atoms with Crippen LogP contribution in [0.3, 0.4) is 0 Å². The summed E-state index contributed by atoms with van der Waals surface area (Å²) < 4.78 is 37.4. The lowest BCUT2D eigenvalue weighted by molar-refractivity contribution is -0.141. The molecule has 0 amide bonds. The molecule has 1 aromatic heterocycles. The van der Waals surface area contributed by atoms with Gasteiger partial charge in [-0.25, -0.2) is 4.98 Å². The topological polar surface area (TPSA) is 24.9 Å². The molecule has 0 aromatic carbocycles. The monoisotopic (exact) mass is 278 g/mol. The Morgan fingerprint density at radius 3 is 2.72 bits per heavy atom. The molecule has 1 aromatic rings. The van der Waals surface area contributed by atoms with E-state index in [2.05, 4.69) is 10.3 Å². The van der Waals surface area contributed by atoms with E-state index in [1.807, 2.05) is 0 Å². The number of anilines is 1. The second-order valence-electron chi connectivity index (χ2n) is 4.56. The van der Waals surface area contributed by atoms with E-state index in [0.29, 0.717) is 12.5 Å². The minimum absolute atomic E-state index is 0.200. The minimum Gasteiger partial charge on any atom is -0.370 e. The predicted octanol–water partition coefficient (Wildman–Crippen LogP) is 3.92. The van der Waals surface area contributed by atoms with Crippen molar-refractivity contribution >= 4 is 17.4 Å². The number of hydrogen-bond acceptors (Lipinski definition) is 2. The van der Waals surface area contributed by atoms with Crippen molar-refractivity contribution in [3.63, 3.8) is 0 Å². The van der Waals surface area contributed by atoms with Gasteiger partial charge in [0.25, 0.3) is 0 Å². The van der Waals surface area contributed by atoms with Gasteiger partial charge in [-0.1, -0.05) is 6.07 Å². The zero-order chi connectivity index (χ0) is 13.2. The first-order valence-electron chi connectivity index (χ1n) is 5.87. The van der Waals surface area contributed by atoms with E-state index in [1.165, 1.54) is 6.07 Å². The summed E-state index contributed by atoms with van der Waals surface area (Å²) in [6.07, 6.45) is -1.50. The van der Waals surface area contributed by atoms with E-state index in [4.69, 9.17) is 11.6 Å². The molecule has 18 heavy (non-hydrogen) atoms. The van der Waals surface area contributed by atoms with Crippen molar-refractivity contribution < 1.29 is 13.2 Å². The van der Waals surface area contributed by atoms with E-state index in [1.54, 1.807) is 6.07 Å². The van der Waals surface area contributed by atoms with Gasteiger partial charge in [0.15, 0.2) is 0 Å². The zero-order valence-electron chi connectivity index (χ0n) is 9.67. The molecule has 1 fully saturated rings. The number of aromatic nitrogens is 1. The van der Waals surface area contributed by atoms with Gasteiger partial charge in [0.1, 0.15) is 11.5 Å². The molecule has 1 N–H and O–H groups in total. The Bertz CT molecular complexity index is 409. The second-order valence-corrected chi connectivity index (χ2v) is 5.18. The number of halogens is 4. The van der Waals surface area contributed by atoms with E-state index in [9.17, 15) is 13.2 Å². The largest absolute Gasteiger partial charge is 0.433 e. The molecule has 2 atom stereocenters. The number of hydrogen-bond donors (Lipinski definition) is 1. The lowest BCUT2D eigenvalue weighted by atomic mass is 10.1. The van der Waals surface area contributed by atoms with Crippen LogP contribution in [-0.4, -0.2) is 16.9 Å². The van der Waals surface area contributed by atoms with Crippen LogP contribution in [0, 0.1) is 5.92 Å². The molecule has 1 aliphatic rings. The highest BCUT2D eigenvalue weighted by Gasteiger charge is 2.32. The van der Waals surface area contributed by atoms with Gasteiger partial charge in [-0.3, -0.25) is 0 Å². The van der Waals surface area contributed by atoms with Crippen molar-refractivity contribution in [2.45, 2.75) is 30.8 Å². The average molecular weight is 279 g/mol. The van der Waals surface area contributed by atoms with Crippen molar-refractivity contribution in [3.8, 4) is 0 Å². The molecule has 1 heterocycles. The Balaban J connectivity index is 1.93. The molecule has 2 nitrogen and oxygen atoms in total. The first kappa shape index (κ1) is 13.5. The third-order valence-electron chi connectivity index (χ3n) is 3.09. The van der Waals surface area contributed by atoms with Gasteiger partial charge < -0.3 is 5.32 Å². The van der Waals surface area contributed by atoms with Crippen LogP contribution in [0.2, 0.25) is 0 Å². The summed E-state index contributed by atoms with van der Waals surface area (Å²) in [5.41, 5.74) is -0.867. The average Bonchev–Trinajstić information content (AvgIpc) is 2.72. The Kier molecular flexibility index (Phi) is 4.00.